The van der Waals surface area contributed by atoms with Crippen molar-refractivity contribution in [3.05, 3.63) is 54.1 Å². The quantitative estimate of drug-likeness (QED) is 0.928. The molecule has 1 fully saturated rings. The second-order valence-electron chi connectivity index (χ2n) is 5.49. The van der Waals surface area contributed by atoms with Gasteiger partial charge in [0.25, 0.3) is 5.91 Å². The summed E-state index contributed by atoms with van der Waals surface area (Å²) in [5, 5.41) is 8.93. The monoisotopic (exact) mass is 314 g/mol. The van der Waals surface area contributed by atoms with Crippen LogP contribution in [0.3, 0.4) is 0 Å². The van der Waals surface area contributed by atoms with Crippen LogP contribution < -0.4 is 0 Å². The summed E-state index contributed by atoms with van der Waals surface area (Å²) in [6.07, 6.45) is 4.44. The predicted octanol–water partition coefficient (Wildman–Crippen LogP) is 1.37. The van der Waals surface area contributed by atoms with Crippen LogP contribution in [0.5, 0.6) is 0 Å². The van der Waals surface area contributed by atoms with Crippen LogP contribution in [0.15, 0.2) is 43.0 Å². The maximum Gasteiger partial charge on any atom is 0.407 e. The Morgan fingerprint density at radius 3 is 2.26 bits per heavy atom. The molecule has 2 aromatic rings. The number of hydrogen-bond donors (Lipinski definition) is 1. The fraction of sp³-hybridized carbons (Fsp3) is 0.312. The number of rotatable bonds is 3. The van der Waals surface area contributed by atoms with Gasteiger partial charge in [0.05, 0.1) is 6.33 Å². The Morgan fingerprint density at radius 1 is 1.04 bits per heavy atom. The molecule has 1 saturated heterocycles. The average molecular weight is 314 g/mol. The second-order valence-corrected chi connectivity index (χ2v) is 5.49. The van der Waals surface area contributed by atoms with Crippen LogP contribution in [0, 0.1) is 0 Å². The normalized spacial score (nSPS) is 14.8. The van der Waals surface area contributed by atoms with Crippen molar-refractivity contribution >= 4 is 12.0 Å². The highest BCUT2D eigenvalue weighted by molar-refractivity contribution is 5.94. The van der Waals surface area contributed by atoms with Crippen molar-refractivity contribution in [3.63, 3.8) is 0 Å². The number of piperazine rings is 1. The molecule has 1 aliphatic rings. The molecule has 1 aromatic carbocycles. The van der Waals surface area contributed by atoms with Gasteiger partial charge in [-0.15, -0.1) is 0 Å². The summed E-state index contributed by atoms with van der Waals surface area (Å²) >= 11 is 0. The van der Waals surface area contributed by atoms with Crippen molar-refractivity contribution in [2.75, 3.05) is 26.2 Å². The number of aromatic nitrogens is 2. The first-order chi connectivity index (χ1) is 11.1. The van der Waals surface area contributed by atoms with Gasteiger partial charge >= 0.3 is 6.09 Å². The zero-order valence-electron chi connectivity index (χ0n) is 12.6. The van der Waals surface area contributed by atoms with Crippen molar-refractivity contribution in [2.45, 2.75) is 6.54 Å². The first-order valence-corrected chi connectivity index (χ1v) is 7.45. The number of nitrogens with zero attached hydrogens (tertiary/aromatic N) is 4. The van der Waals surface area contributed by atoms with E-state index in [1.54, 1.807) is 17.4 Å². The Bertz CT molecular complexity index is 674. The highest BCUT2D eigenvalue weighted by atomic mass is 16.4. The maximum atomic E-state index is 12.4. The number of imidazole rings is 1. The lowest BCUT2D eigenvalue weighted by Gasteiger charge is -2.33. The summed E-state index contributed by atoms with van der Waals surface area (Å²) in [6, 6.07) is 7.50. The summed E-state index contributed by atoms with van der Waals surface area (Å²) in [7, 11) is 0. The lowest BCUT2D eigenvalue weighted by atomic mass is 10.1. The van der Waals surface area contributed by atoms with Crippen LogP contribution in [0.1, 0.15) is 15.9 Å². The highest BCUT2D eigenvalue weighted by Crippen LogP contribution is 2.11. The molecular formula is C16H18N4O3. The minimum absolute atomic E-state index is 0.0516. The van der Waals surface area contributed by atoms with E-state index in [0.29, 0.717) is 38.3 Å². The lowest BCUT2D eigenvalue weighted by Crippen LogP contribution is -2.50. The SMILES string of the molecule is O=C(O)N1CCN(C(=O)c2ccc(Cn3ccnc3)cc2)CC1. The predicted molar refractivity (Wildman–Crippen MR) is 83.3 cm³/mol. The molecule has 1 aliphatic heterocycles. The van der Waals surface area contributed by atoms with E-state index in [-0.39, 0.29) is 5.91 Å². The zero-order valence-corrected chi connectivity index (χ0v) is 12.6. The minimum Gasteiger partial charge on any atom is -0.465 e. The Balaban J connectivity index is 1.61. The van der Waals surface area contributed by atoms with Crippen molar-refractivity contribution < 1.29 is 14.7 Å². The molecule has 0 aliphatic carbocycles. The number of carbonyl (C=O) groups excluding carboxylic acids is 1. The Morgan fingerprint density at radius 2 is 1.70 bits per heavy atom. The van der Waals surface area contributed by atoms with Gasteiger partial charge in [0.2, 0.25) is 0 Å². The van der Waals surface area contributed by atoms with E-state index < -0.39 is 6.09 Å². The minimum atomic E-state index is -0.930. The molecule has 0 spiro atoms. The van der Waals surface area contributed by atoms with E-state index in [0.717, 1.165) is 5.56 Å². The van der Waals surface area contributed by atoms with E-state index in [4.69, 9.17) is 5.11 Å². The molecule has 2 heterocycles. The summed E-state index contributed by atoms with van der Waals surface area (Å²) in [5.41, 5.74) is 1.72. The molecule has 3 rings (SSSR count). The fourth-order valence-corrected chi connectivity index (χ4v) is 2.63. The smallest absolute Gasteiger partial charge is 0.407 e. The van der Waals surface area contributed by atoms with Crippen molar-refractivity contribution in [1.82, 2.24) is 19.4 Å². The highest BCUT2D eigenvalue weighted by Gasteiger charge is 2.24. The van der Waals surface area contributed by atoms with Crippen molar-refractivity contribution in [2.24, 2.45) is 0 Å². The summed E-state index contributed by atoms with van der Waals surface area (Å²) < 4.78 is 1.96. The molecule has 0 bridgehead atoms. The van der Waals surface area contributed by atoms with Gasteiger partial charge in [0.1, 0.15) is 0 Å². The fourth-order valence-electron chi connectivity index (χ4n) is 2.63. The lowest BCUT2D eigenvalue weighted by molar-refractivity contribution is 0.0625. The number of hydrogen-bond acceptors (Lipinski definition) is 3. The first kappa shape index (κ1) is 15.1. The molecule has 1 N–H and O–H groups in total. The Kier molecular flexibility index (Phi) is 4.27. The molecule has 0 unspecified atom stereocenters. The average Bonchev–Trinajstić information content (AvgIpc) is 3.08. The van der Waals surface area contributed by atoms with Gasteiger partial charge in [0, 0.05) is 50.7 Å². The third kappa shape index (κ3) is 3.50. The Hall–Kier alpha value is -2.83. The number of carbonyl (C=O) groups is 2. The third-order valence-corrected chi connectivity index (χ3v) is 3.96. The number of amides is 2. The van der Waals surface area contributed by atoms with E-state index in [2.05, 4.69) is 4.98 Å². The van der Waals surface area contributed by atoms with Gasteiger partial charge in [-0.1, -0.05) is 12.1 Å². The molecule has 0 atom stereocenters. The standard InChI is InChI=1S/C16H18N4O3/c21-15(19-7-9-20(10-8-19)16(22)23)14-3-1-13(2-4-14)11-18-6-5-17-12-18/h1-6,12H,7-11H2,(H,22,23). The van der Waals surface area contributed by atoms with Gasteiger partial charge in [-0.2, -0.15) is 0 Å². The van der Waals surface area contributed by atoms with Crippen LogP contribution in [-0.2, 0) is 6.54 Å². The molecule has 1 aromatic heterocycles. The molecule has 120 valence electrons. The molecule has 23 heavy (non-hydrogen) atoms. The van der Waals surface area contributed by atoms with Crippen LogP contribution in [0.25, 0.3) is 0 Å². The third-order valence-electron chi connectivity index (χ3n) is 3.96. The first-order valence-electron chi connectivity index (χ1n) is 7.45. The molecule has 0 radical (unpaired) electrons. The molecule has 2 amide bonds. The molecule has 7 nitrogen and oxygen atoms in total. The van der Waals surface area contributed by atoms with E-state index in [9.17, 15) is 9.59 Å². The van der Waals surface area contributed by atoms with Crippen molar-refractivity contribution in [3.8, 4) is 0 Å². The molecule has 7 heteroatoms. The largest absolute Gasteiger partial charge is 0.465 e. The topological polar surface area (TPSA) is 78.7 Å². The van der Waals surface area contributed by atoms with Crippen molar-refractivity contribution in [1.29, 1.82) is 0 Å². The summed E-state index contributed by atoms with van der Waals surface area (Å²) in [6.45, 7) is 2.30. The van der Waals surface area contributed by atoms with Crippen LogP contribution >= 0.6 is 0 Å². The van der Waals surface area contributed by atoms with E-state index in [1.165, 1.54) is 4.90 Å². The van der Waals surface area contributed by atoms with Gasteiger partial charge < -0.3 is 19.5 Å². The number of benzene rings is 1. The van der Waals surface area contributed by atoms with E-state index >= 15 is 0 Å². The van der Waals surface area contributed by atoms with Gasteiger partial charge in [-0.3, -0.25) is 4.79 Å². The number of carboxylic acid groups (broad SMARTS) is 1. The summed E-state index contributed by atoms with van der Waals surface area (Å²) in [5.74, 6) is -0.0516. The zero-order chi connectivity index (χ0) is 16.2. The summed E-state index contributed by atoms with van der Waals surface area (Å²) in [4.78, 5) is 30.4. The van der Waals surface area contributed by atoms with Gasteiger partial charge in [-0.05, 0) is 17.7 Å². The van der Waals surface area contributed by atoms with E-state index in [1.807, 2.05) is 35.0 Å². The van der Waals surface area contributed by atoms with Gasteiger partial charge in [0.15, 0.2) is 0 Å². The van der Waals surface area contributed by atoms with Crippen LogP contribution in [0.2, 0.25) is 0 Å². The second kappa shape index (κ2) is 6.51. The molecule has 0 saturated carbocycles. The molecular weight excluding hydrogens is 296 g/mol. The van der Waals surface area contributed by atoms with Crippen LogP contribution in [0.4, 0.5) is 4.79 Å². The Labute approximate surface area is 133 Å². The maximum absolute atomic E-state index is 12.4. The van der Waals surface area contributed by atoms with Gasteiger partial charge in [-0.25, -0.2) is 9.78 Å². The van der Waals surface area contributed by atoms with Crippen LogP contribution in [-0.4, -0.2) is 62.6 Å².